The van der Waals surface area contributed by atoms with Gasteiger partial charge in [0.2, 0.25) is 0 Å². The van der Waals surface area contributed by atoms with Crippen molar-refractivity contribution in [3.8, 4) is 0 Å². The first-order valence-electron chi connectivity index (χ1n) is 8.00. The highest BCUT2D eigenvalue weighted by molar-refractivity contribution is 7.96. The van der Waals surface area contributed by atoms with Gasteiger partial charge < -0.3 is 5.32 Å². The number of amides is 1. The number of nitrogens with zero attached hydrogens (tertiary/aromatic N) is 1. The van der Waals surface area contributed by atoms with Crippen LogP contribution < -0.4 is 5.32 Å². The fourth-order valence-corrected chi connectivity index (χ4v) is 7.13. The Morgan fingerprint density at radius 2 is 1.88 bits per heavy atom. The van der Waals surface area contributed by atoms with Crippen LogP contribution in [0.4, 0.5) is 0 Å². The lowest BCUT2D eigenvalue weighted by molar-refractivity contribution is 0.0950. The Morgan fingerprint density at radius 1 is 1.15 bits per heavy atom. The summed E-state index contributed by atoms with van der Waals surface area (Å²) in [7, 11) is -7.02. The molecule has 1 amide bonds. The van der Waals surface area contributed by atoms with Gasteiger partial charge in [0.05, 0.1) is 33.9 Å². The molecule has 0 radical (unpaired) electrons. The minimum Gasteiger partial charge on any atom is -0.346 e. The van der Waals surface area contributed by atoms with E-state index in [-0.39, 0.29) is 35.3 Å². The van der Waals surface area contributed by atoms with E-state index in [1.807, 2.05) is 6.07 Å². The van der Waals surface area contributed by atoms with Crippen molar-refractivity contribution in [1.82, 2.24) is 10.3 Å². The Labute approximate surface area is 152 Å². The lowest BCUT2D eigenvalue weighted by Crippen LogP contribution is -2.24. The van der Waals surface area contributed by atoms with E-state index < -0.39 is 24.9 Å². The summed E-state index contributed by atoms with van der Waals surface area (Å²) in [4.78, 5) is 16.3. The number of hydrogen-bond donors (Lipinski definition) is 1. The van der Waals surface area contributed by atoms with Crippen LogP contribution in [0.5, 0.6) is 0 Å². The molecule has 0 bridgehead atoms. The van der Waals surface area contributed by atoms with Crippen molar-refractivity contribution in [3.05, 3.63) is 59.9 Å². The molecule has 3 rings (SSSR count). The van der Waals surface area contributed by atoms with E-state index in [4.69, 9.17) is 0 Å². The topological polar surface area (TPSA) is 110 Å². The summed E-state index contributed by atoms with van der Waals surface area (Å²) < 4.78 is 48.1. The van der Waals surface area contributed by atoms with E-state index in [1.54, 1.807) is 18.3 Å². The minimum atomic E-state index is -3.73. The molecule has 1 fully saturated rings. The van der Waals surface area contributed by atoms with Gasteiger partial charge in [0, 0.05) is 11.8 Å². The first-order chi connectivity index (χ1) is 12.3. The quantitative estimate of drug-likeness (QED) is 0.809. The zero-order valence-electron chi connectivity index (χ0n) is 13.8. The maximum atomic E-state index is 12.5. The number of aromatic nitrogens is 1. The molecule has 0 aliphatic carbocycles. The normalized spacial score (nSPS) is 19.2. The molecule has 1 aromatic carbocycles. The average Bonchev–Trinajstić information content (AvgIpc) is 3.01. The van der Waals surface area contributed by atoms with E-state index in [0.717, 1.165) is 0 Å². The largest absolute Gasteiger partial charge is 0.346 e. The first kappa shape index (κ1) is 18.5. The second-order valence-corrected chi connectivity index (χ2v) is 10.6. The highest BCUT2D eigenvalue weighted by atomic mass is 32.2. The molecule has 2 aromatic rings. The van der Waals surface area contributed by atoms with Gasteiger partial charge in [-0.1, -0.05) is 6.07 Å². The summed E-state index contributed by atoms with van der Waals surface area (Å²) in [6.07, 6.45) is 1.74. The number of nitrogens with one attached hydrogen (secondary N) is 1. The highest BCUT2D eigenvalue weighted by Crippen LogP contribution is 2.25. The van der Waals surface area contributed by atoms with Gasteiger partial charge >= 0.3 is 0 Å². The molecule has 9 heteroatoms. The molecule has 1 saturated heterocycles. The maximum Gasteiger partial charge on any atom is 0.251 e. The molecule has 1 atom stereocenters. The van der Waals surface area contributed by atoms with Gasteiger partial charge in [0.15, 0.2) is 19.7 Å². The standard InChI is InChI=1S/C17H18N2O5S2/c20-17(19-11-14-3-1-2-9-18-14)13-4-6-15(7-5-13)26(23,24)16-8-10-25(21,22)12-16/h1-7,9,16H,8,10-12H2,(H,19,20)/t16-/m0/s1. The van der Waals surface area contributed by atoms with E-state index in [0.29, 0.717) is 11.3 Å². The molecule has 0 saturated carbocycles. The van der Waals surface area contributed by atoms with Gasteiger partial charge in [-0.3, -0.25) is 9.78 Å². The van der Waals surface area contributed by atoms with Crippen LogP contribution in [-0.2, 0) is 26.2 Å². The molecule has 26 heavy (non-hydrogen) atoms. The first-order valence-corrected chi connectivity index (χ1v) is 11.4. The van der Waals surface area contributed by atoms with Crippen LogP contribution in [0.25, 0.3) is 0 Å². The van der Waals surface area contributed by atoms with Crippen LogP contribution in [0.3, 0.4) is 0 Å². The second kappa shape index (κ2) is 7.16. The fourth-order valence-electron chi connectivity index (χ4n) is 2.77. The molecule has 138 valence electrons. The average molecular weight is 394 g/mol. The number of rotatable bonds is 5. The number of pyridine rings is 1. The van der Waals surface area contributed by atoms with E-state index in [2.05, 4.69) is 10.3 Å². The number of carbonyl (C=O) groups is 1. The molecular weight excluding hydrogens is 376 g/mol. The Kier molecular flexibility index (Phi) is 5.10. The summed E-state index contributed by atoms with van der Waals surface area (Å²) in [6, 6.07) is 10.9. The Hall–Kier alpha value is -2.26. The predicted octanol–water partition coefficient (Wildman–Crippen LogP) is 0.972. The Bertz CT molecular complexity index is 1000. The predicted molar refractivity (Wildman–Crippen MR) is 96.1 cm³/mol. The van der Waals surface area contributed by atoms with Crippen molar-refractivity contribution in [2.75, 3.05) is 11.5 Å². The summed E-state index contributed by atoms with van der Waals surface area (Å²) in [5, 5.41) is 1.79. The van der Waals surface area contributed by atoms with Gasteiger partial charge in [-0.2, -0.15) is 0 Å². The van der Waals surface area contributed by atoms with Gasteiger partial charge in [-0.05, 0) is 42.8 Å². The van der Waals surface area contributed by atoms with Crippen molar-refractivity contribution in [3.63, 3.8) is 0 Å². The molecule has 2 heterocycles. The van der Waals surface area contributed by atoms with Crippen molar-refractivity contribution in [2.45, 2.75) is 23.1 Å². The third-order valence-corrected chi connectivity index (χ3v) is 8.42. The monoisotopic (exact) mass is 394 g/mol. The van der Waals surface area contributed by atoms with Gasteiger partial charge in [0.1, 0.15) is 0 Å². The third-order valence-electron chi connectivity index (χ3n) is 4.23. The Morgan fingerprint density at radius 3 is 2.46 bits per heavy atom. The molecule has 0 spiro atoms. The molecule has 0 unspecified atom stereocenters. The van der Waals surface area contributed by atoms with Crippen molar-refractivity contribution < 1.29 is 21.6 Å². The lowest BCUT2D eigenvalue weighted by Gasteiger charge is -2.11. The highest BCUT2D eigenvalue weighted by Gasteiger charge is 2.37. The molecule has 1 aliphatic heterocycles. The number of sulfone groups is 2. The minimum absolute atomic E-state index is 0.0286. The van der Waals surface area contributed by atoms with Crippen molar-refractivity contribution in [2.24, 2.45) is 0 Å². The number of carbonyl (C=O) groups excluding carboxylic acids is 1. The van der Waals surface area contributed by atoms with Crippen LogP contribution in [0.15, 0.2) is 53.6 Å². The molecule has 1 aromatic heterocycles. The smallest absolute Gasteiger partial charge is 0.251 e. The second-order valence-electron chi connectivity index (χ2n) is 6.10. The van der Waals surface area contributed by atoms with Crippen LogP contribution in [-0.4, -0.2) is 44.5 Å². The summed E-state index contributed by atoms with van der Waals surface area (Å²) >= 11 is 0. The molecule has 1 aliphatic rings. The summed E-state index contributed by atoms with van der Waals surface area (Å²) in [5.41, 5.74) is 1.03. The Balaban J connectivity index is 1.69. The fraction of sp³-hybridized carbons (Fsp3) is 0.294. The zero-order chi connectivity index (χ0) is 18.8. The number of hydrogen-bond acceptors (Lipinski definition) is 6. The van der Waals surface area contributed by atoms with Crippen molar-refractivity contribution >= 4 is 25.6 Å². The van der Waals surface area contributed by atoms with Crippen molar-refractivity contribution in [1.29, 1.82) is 0 Å². The van der Waals surface area contributed by atoms with E-state index >= 15 is 0 Å². The maximum absolute atomic E-state index is 12.5. The summed E-state index contributed by atoms with van der Waals surface area (Å²) in [6.45, 7) is 0.264. The zero-order valence-corrected chi connectivity index (χ0v) is 15.5. The van der Waals surface area contributed by atoms with Gasteiger partial charge in [0.25, 0.3) is 5.91 Å². The SMILES string of the molecule is O=C(NCc1ccccn1)c1ccc(S(=O)(=O)[C@H]2CCS(=O)(=O)C2)cc1. The van der Waals surface area contributed by atoms with Gasteiger partial charge in [-0.25, -0.2) is 16.8 Å². The van der Waals surface area contributed by atoms with Crippen LogP contribution in [0.1, 0.15) is 22.5 Å². The molecule has 1 N–H and O–H groups in total. The van der Waals surface area contributed by atoms with Crippen LogP contribution >= 0.6 is 0 Å². The molecule has 7 nitrogen and oxygen atoms in total. The number of benzene rings is 1. The van der Waals surface area contributed by atoms with Crippen LogP contribution in [0.2, 0.25) is 0 Å². The van der Waals surface area contributed by atoms with E-state index in [9.17, 15) is 21.6 Å². The third kappa shape index (κ3) is 4.10. The van der Waals surface area contributed by atoms with Crippen LogP contribution in [0, 0.1) is 0 Å². The van der Waals surface area contributed by atoms with Gasteiger partial charge in [-0.15, -0.1) is 0 Å². The van der Waals surface area contributed by atoms with E-state index in [1.165, 1.54) is 24.3 Å². The lowest BCUT2D eigenvalue weighted by atomic mass is 10.2. The summed E-state index contributed by atoms with van der Waals surface area (Å²) in [5.74, 6) is -0.796. The molecular formula is C17H18N2O5S2.